The molecule has 6 rings (SSSR count). The summed E-state index contributed by atoms with van der Waals surface area (Å²) in [6, 6.07) is 43.9. The van der Waals surface area contributed by atoms with Gasteiger partial charge in [-0.25, -0.2) is 0 Å². The van der Waals surface area contributed by atoms with E-state index in [1.54, 1.807) is 0 Å². The van der Waals surface area contributed by atoms with Gasteiger partial charge in [0.2, 0.25) is 0 Å². The fourth-order valence-electron chi connectivity index (χ4n) is 5.51. The molecular weight excluding hydrogens is 742 g/mol. The Morgan fingerprint density at radius 1 is 0.523 bits per heavy atom. The number of hydrogen-bond donors (Lipinski definition) is 0. The Bertz CT molecular complexity index is 1500. The normalized spacial score (nSPS) is 10.2. The first kappa shape index (κ1) is 39.6. The van der Waals surface area contributed by atoms with Crippen LogP contribution in [0.1, 0.15) is 45.2 Å². The van der Waals surface area contributed by atoms with Crippen molar-refractivity contribution in [2.75, 3.05) is 0 Å². The molecular formula is C41H46Cl2Hf. The minimum absolute atomic E-state index is 0. The van der Waals surface area contributed by atoms with Crippen LogP contribution in [0, 0.1) is 25.7 Å². The van der Waals surface area contributed by atoms with Gasteiger partial charge >= 0.3 is 25.8 Å². The Labute approximate surface area is 297 Å². The topological polar surface area (TPSA) is 0 Å². The Hall–Kier alpha value is -2.45. The zero-order chi connectivity index (χ0) is 29.2. The van der Waals surface area contributed by atoms with Crippen molar-refractivity contribution in [1.82, 2.24) is 0 Å². The summed E-state index contributed by atoms with van der Waals surface area (Å²) in [4.78, 5) is 0. The van der Waals surface area contributed by atoms with Gasteiger partial charge in [0.25, 0.3) is 0 Å². The summed E-state index contributed by atoms with van der Waals surface area (Å²) in [7, 11) is 0. The summed E-state index contributed by atoms with van der Waals surface area (Å²) >= 11 is 0. The number of benzene rings is 4. The first-order valence-electron chi connectivity index (χ1n) is 15.0. The van der Waals surface area contributed by atoms with Gasteiger partial charge in [-0.3, -0.25) is 0 Å². The third-order valence-corrected chi connectivity index (χ3v) is 7.08. The number of halogens is 2. The van der Waals surface area contributed by atoms with Gasteiger partial charge in [-0.15, -0.1) is 93.9 Å². The van der Waals surface area contributed by atoms with Crippen LogP contribution in [0.25, 0.3) is 43.8 Å². The molecule has 0 spiro atoms. The monoisotopic (exact) mass is 788 g/mol. The van der Waals surface area contributed by atoms with Gasteiger partial charge in [-0.05, 0) is 35.8 Å². The van der Waals surface area contributed by atoms with E-state index in [2.05, 4.69) is 163 Å². The fraction of sp³-hybridized carbons (Fsp3) is 0.220. The Morgan fingerprint density at radius 3 is 1.18 bits per heavy atom. The molecule has 0 atom stereocenters. The molecule has 44 heavy (non-hydrogen) atoms. The predicted octanol–water partition coefficient (Wildman–Crippen LogP) is 12.7. The molecule has 0 radical (unpaired) electrons. The van der Waals surface area contributed by atoms with E-state index in [9.17, 15) is 0 Å². The van der Waals surface area contributed by atoms with E-state index < -0.39 is 0 Å². The van der Waals surface area contributed by atoms with E-state index >= 15 is 0 Å². The molecule has 0 N–H and O–H groups in total. The molecule has 0 amide bonds. The molecule has 228 valence electrons. The van der Waals surface area contributed by atoms with E-state index in [1.807, 2.05) is 0 Å². The first-order chi connectivity index (χ1) is 19.9. The molecule has 0 aliphatic heterocycles. The zero-order valence-electron chi connectivity index (χ0n) is 26.6. The predicted molar refractivity (Wildman–Crippen MR) is 197 cm³/mol. The minimum atomic E-state index is 0. The molecule has 0 nitrogen and oxygen atoms in total. The Kier molecular flexibility index (Phi) is 17.8. The second-order valence-corrected chi connectivity index (χ2v) is 11.6. The first-order valence-corrected chi connectivity index (χ1v) is 15.0. The average Bonchev–Trinajstić information content (AvgIpc) is 3.56. The van der Waals surface area contributed by atoms with E-state index in [0.717, 1.165) is 19.3 Å². The van der Waals surface area contributed by atoms with Gasteiger partial charge in [0.05, 0.1) is 0 Å². The largest absolute Gasteiger partial charge is 4.00 e. The van der Waals surface area contributed by atoms with Crippen molar-refractivity contribution in [3.63, 3.8) is 0 Å². The molecule has 0 heterocycles. The van der Waals surface area contributed by atoms with Crippen LogP contribution in [0.15, 0.2) is 121 Å². The summed E-state index contributed by atoms with van der Waals surface area (Å²) in [5.74, 6) is 1.41. The van der Waals surface area contributed by atoms with Crippen molar-refractivity contribution < 1.29 is 25.8 Å². The minimum Gasteiger partial charge on any atom is -0.372 e. The third kappa shape index (κ3) is 10.9. The van der Waals surface area contributed by atoms with Gasteiger partial charge in [0.15, 0.2) is 0 Å². The summed E-state index contributed by atoms with van der Waals surface area (Å²) in [5, 5.41) is 5.47. The van der Waals surface area contributed by atoms with Crippen LogP contribution < -0.4 is 0 Å². The quantitative estimate of drug-likeness (QED) is 0.116. The van der Waals surface area contributed by atoms with Crippen molar-refractivity contribution in [1.29, 1.82) is 0 Å². The van der Waals surface area contributed by atoms with Gasteiger partial charge in [-0.2, -0.15) is 12.1 Å². The maximum Gasteiger partial charge on any atom is 4.00 e. The molecule has 0 unspecified atom stereocenters. The summed E-state index contributed by atoms with van der Waals surface area (Å²) in [5.41, 5.74) is 8.19. The van der Waals surface area contributed by atoms with Crippen LogP contribution in [0.2, 0.25) is 0 Å². The average molecular weight is 788 g/mol. The van der Waals surface area contributed by atoms with Crippen LogP contribution in [0.4, 0.5) is 0 Å². The molecule has 0 saturated carbocycles. The molecule has 0 fully saturated rings. The molecule has 0 bridgehead atoms. The number of hydrogen-bond acceptors (Lipinski definition) is 0. The van der Waals surface area contributed by atoms with Crippen molar-refractivity contribution in [3.8, 4) is 22.3 Å². The van der Waals surface area contributed by atoms with Gasteiger partial charge in [-0.1, -0.05) is 112 Å². The SMILES string of the molecule is CC(C)Cc1cc2c(-c3ccccc3)cccc2[cH-]1.CC(C)Cc1cc2c(-c3ccccc3)cccc2[cH-]1.Cl.Cl.[CH2-]C[CH2-].[Hf+4]. The van der Waals surface area contributed by atoms with Crippen LogP contribution in [-0.2, 0) is 38.7 Å². The zero-order valence-corrected chi connectivity index (χ0v) is 31.8. The van der Waals surface area contributed by atoms with E-state index in [0.29, 0.717) is 11.8 Å². The second-order valence-electron chi connectivity index (χ2n) is 11.6. The number of fused-ring (bicyclic) bond motifs is 2. The van der Waals surface area contributed by atoms with Crippen LogP contribution in [0.5, 0.6) is 0 Å². The number of rotatable bonds is 6. The van der Waals surface area contributed by atoms with E-state index in [-0.39, 0.29) is 50.7 Å². The molecule has 0 aliphatic rings. The van der Waals surface area contributed by atoms with E-state index in [4.69, 9.17) is 0 Å². The maximum absolute atomic E-state index is 3.38. The summed E-state index contributed by atoms with van der Waals surface area (Å²) in [6.07, 6.45) is 3.06. The smallest absolute Gasteiger partial charge is 0.372 e. The van der Waals surface area contributed by atoms with Crippen molar-refractivity contribution in [2.45, 2.75) is 47.0 Å². The van der Waals surface area contributed by atoms with Gasteiger partial charge in [0, 0.05) is 0 Å². The van der Waals surface area contributed by atoms with Crippen molar-refractivity contribution in [3.05, 3.63) is 146 Å². The van der Waals surface area contributed by atoms with Crippen LogP contribution in [-0.4, -0.2) is 0 Å². The second kappa shape index (κ2) is 19.8. The molecule has 0 aliphatic carbocycles. The molecule has 6 aromatic carbocycles. The van der Waals surface area contributed by atoms with Gasteiger partial charge in [0.1, 0.15) is 0 Å². The third-order valence-electron chi connectivity index (χ3n) is 7.08. The van der Waals surface area contributed by atoms with Gasteiger partial charge < -0.3 is 20.3 Å². The molecule has 3 heteroatoms. The molecule has 0 aromatic heterocycles. The Balaban J connectivity index is 0.000000380. The Morgan fingerprint density at radius 2 is 0.864 bits per heavy atom. The molecule has 0 saturated heterocycles. The van der Waals surface area contributed by atoms with Crippen LogP contribution >= 0.6 is 24.8 Å². The summed E-state index contributed by atoms with van der Waals surface area (Å²) in [6.45, 7) is 15.8. The van der Waals surface area contributed by atoms with Crippen molar-refractivity contribution >= 4 is 46.4 Å². The molecule has 6 aromatic rings. The van der Waals surface area contributed by atoms with E-state index in [1.165, 1.54) is 54.9 Å². The summed E-state index contributed by atoms with van der Waals surface area (Å²) < 4.78 is 0. The maximum atomic E-state index is 3.38. The fourth-order valence-corrected chi connectivity index (χ4v) is 5.51. The standard InChI is InChI=1S/2C19H19.C3H6.2ClH.Hf/c2*1-14(2)11-15-12-17-9-6-10-18(19(17)13-15)16-7-4-3-5-8-16;1-3-2;;;/h2*3-10,12-14H,11H2,1-2H3;1-3H2;2*1H;/q2*-1;-2;;;+4. The van der Waals surface area contributed by atoms with Crippen LogP contribution in [0.3, 0.4) is 0 Å². The van der Waals surface area contributed by atoms with Crippen molar-refractivity contribution in [2.24, 2.45) is 11.8 Å².